The van der Waals surface area contributed by atoms with Crippen LogP contribution in [-0.4, -0.2) is 5.11 Å². The fraction of sp³-hybridized carbons (Fsp3) is 0.400. The van der Waals surface area contributed by atoms with Gasteiger partial charge in [0.1, 0.15) is 0 Å². The highest BCUT2D eigenvalue weighted by atomic mass is 79.9. The molecule has 0 atom stereocenters. The van der Waals surface area contributed by atoms with Gasteiger partial charge in [0.15, 0.2) is 0 Å². The van der Waals surface area contributed by atoms with Crippen molar-refractivity contribution in [1.82, 2.24) is 0 Å². The zero-order chi connectivity index (χ0) is 10.2. The Balaban J connectivity index is 3.32. The summed E-state index contributed by atoms with van der Waals surface area (Å²) in [7, 11) is 0. The molecule has 1 rings (SSSR count). The third-order valence-corrected chi connectivity index (χ3v) is 3.07. The van der Waals surface area contributed by atoms with Crippen LogP contribution in [-0.2, 0) is 5.60 Å². The van der Waals surface area contributed by atoms with Gasteiger partial charge < -0.3 is 5.11 Å². The van der Waals surface area contributed by atoms with Gasteiger partial charge in [-0.25, -0.2) is 0 Å². The zero-order valence-electron chi connectivity index (χ0n) is 7.86. The Morgan fingerprint density at radius 3 is 2.38 bits per heavy atom. The second kappa shape index (κ2) is 3.60. The fourth-order valence-electron chi connectivity index (χ4n) is 1.13. The molecule has 0 aliphatic heterocycles. The van der Waals surface area contributed by atoms with Crippen LogP contribution < -0.4 is 0 Å². The molecular weight excluding hydrogens is 251 g/mol. The minimum atomic E-state index is -0.886. The first-order valence-electron chi connectivity index (χ1n) is 4.01. The molecule has 3 heteroatoms. The number of rotatable bonds is 1. The molecule has 0 unspecified atom stereocenters. The van der Waals surface area contributed by atoms with E-state index >= 15 is 0 Å². The van der Waals surface area contributed by atoms with Crippen molar-refractivity contribution >= 4 is 27.5 Å². The second-order valence-corrected chi connectivity index (χ2v) is 4.90. The molecule has 0 bridgehead atoms. The van der Waals surface area contributed by atoms with Crippen LogP contribution in [0.15, 0.2) is 16.6 Å². The van der Waals surface area contributed by atoms with Crippen LogP contribution in [0.1, 0.15) is 25.0 Å². The van der Waals surface area contributed by atoms with E-state index < -0.39 is 5.60 Å². The molecule has 0 saturated carbocycles. The van der Waals surface area contributed by atoms with Crippen molar-refractivity contribution in [2.24, 2.45) is 0 Å². The third kappa shape index (κ3) is 2.46. The van der Waals surface area contributed by atoms with Crippen molar-refractivity contribution in [3.63, 3.8) is 0 Å². The highest BCUT2D eigenvalue weighted by Gasteiger charge is 2.20. The van der Waals surface area contributed by atoms with Gasteiger partial charge in [-0.3, -0.25) is 0 Å². The van der Waals surface area contributed by atoms with Gasteiger partial charge in [-0.1, -0.05) is 33.6 Å². The summed E-state index contributed by atoms with van der Waals surface area (Å²) < 4.78 is 0.963. The first-order chi connectivity index (χ1) is 5.82. The molecule has 0 aliphatic carbocycles. The second-order valence-electron chi connectivity index (χ2n) is 3.64. The van der Waals surface area contributed by atoms with Gasteiger partial charge in [0.05, 0.1) is 5.60 Å². The van der Waals surface area contributed by atoms with Crippen LogP contribution in [0.4, 0.5) is 0 Å². The SMILES string of the molecule is Cc1cc(C(C)(C)O)c(Cl)cc1Br. The van der Waals surface area contributed by atoms with Gasteiger partial charge in [-0.05, 0) is 32.4 Å². The van der Waals surface area contributed by atoms with E-state index in [2.05, 4.69) is 15.9 Å². The van der Waals surface area contributed by atoms with Crippen molar-refractivity contribution in [2.75, 3.05) is 0 Å². The maximum atomic E-state index is 9.79. The largest absolute Gasteiger partial charge is 0.386 e. The first kappa shape index (κ1) is 11.0. The molecule has 13 heavy (non-hydrogen) atoms. The lowest BCUT2D eigenvalue weighted by molar-refractivity contribution is 0.0786. The average Bonchev–Trinajstić information content (AvgIpc) is 1.94. The van der Waals surface area contributed by atoms with Gasteiger partial charge >= 0.3 is 0 Å². The van der Waals surface area contributed by atoms with Gasteiger partial charge in [-0.15, -0.1) is 0 Å². The number of hydrogen-bond acceptors (Lipinski definition) is 1. The summed E-state index contributed by atoms with van der Waals surface area (Å²) in [6.45, 7) is 5.42. The van der Waals surface area contributed by atoms with E-state index in [0.717, 1.165) is 15.6 Å². The minimum absolute atomic E-state index is 0.588. The number of aryl methyl sites for hydroxylation is 1. The molecule has 0 aliphatic rings. The normalized spacial score (nSPS) is 11.8. The molecule has 0 saturated heterocycles. The molecule has 1 aromatic rings. The van der Waals surface area contributed by atoms with Crippen LogP contribution in [0.3, 0.4) is 0 Å². The maximum absolute atomic E-state index is 9.79. The Morgan fingerprint density at radius 1 is 1.38 bits per heavy atom. The van der Waals surface area contributed by atoms with Gasteiger partial charge in [0, 0.05) is 15.1 Å². The van der Waals surface area contributed by atoms with Crippen LogP contribution in [0.2, 0.25) is 5.02 Å². The molecule has 0 aromatic heterocycles. The van der Waals surface area contributed by atoms with Crippen molar-refractivity contribution in [3.05, 3.63) is 32.8 Å². The Labute approximate surface area is 91.9 Å². The Morgan fingerprint density at radius 2 is 1.92 bits per heavy atom. The smallest absolute Gasteiger partial charge is 0.0855 e. The number of aliphatic hydroxyl groups is 1. The van der Waals surface area contributed by atoms with E-state index in [1.165, 1.54) is 0 Å². The predicted octanol–water partition coefficient (Wildman–Crippen LogP) is 3.64. The highest BCUT2D eigenvalue weighted by Crippen LogP contribution is 2.32. The molecule has 0 fully saturated rings. The number of hydrogen-bond donors (Lipinski definition) is 1. The summed E-state index contributed by atoms with van der Waals surface area (Å²) in [4.78, 5) is 0. The lowest BCUT2D eigenvalue weighted by Crippen LogP contribution is -2.16. The van der Waals surface area contributed by atoms with Crippen molar-refractivity contribution in [3.8, 4) is 0 Å². The Hall–Kier alpha value is -0.0500. The summed E-state index contributed by atoms with van der Waals surface area (Å²) in [6.07, 6.45) is 0. The third-order valence-electron chi connectivity index (χ3n) is 1.91. The van der Waals surface area contributed by atoms with Crippen molar-refractivity contribution in [1.29, 1.82) is 0 Å². The summed E-state index contributed by atoms with van der Waals surface area (Å²) in [5.74, 6) is 0. The minimum Gasteiger partial charge on any atom is -0.386 e. The van der Waals surface area contributed by atoms with Crippen LogP contribution >= 0.6 is 27.5 Å². The summed E-state index contributed by atoms with van der Waals surface area (Å²) in [6, 6.07) is 3.70. The number of halogens is 2. The van der Waals surface area contributed by atoms with Crippen LogP contribution in [0.25, 0.3) is 0 Å². The molecule has 72 valence electrons. The Bertz CT molecular complexity index is 328. The van der Waals surface area contributed by atoms with E-state index in [1.54, 1.807) is 13.8 Å². The molecule has 1 nitrogen and oxygen atoms in total. The monoisotopic (exact) mass is 262 g/mol. The molecule has 1 N–H and O–H groups in total. The topological polar surface area (TPSA) is 20.2 Å². The molecule has 1 aromatic carbocycles. The van der Waals surface area contributed by atoms with E-state index in [4.69, 9.17) is 11.6 Å². The van der Waals surface area contributed by atoms with E-state index in [9.17, 15) is 5.11 Å². The highest BCUT2D eigenvalue weighted by molar-refractivity contribution is 9.10. The summed E-state index contributed by atoms with van der Waals surface area (Å²) in [5.41, 5.74) is 0.944. The van der Waals surface area contributed by atoms with E-state index in [0.29, 0.717) is 5.02 Å². The van der Waals surface area contributed by atoms with Crippen molar-refractivity contribution in [2.45, 2.75) is 26.4 Å². The van der Waals surface area contributed by atoms with E-state index in [1.807, 2.05) is 19.1 Å². The summed E-state index contributed by atoms with van der Waals surface area (Å²) >= 11 is 9.38. The van der Waals surface area contributed by atoms with Crippen LogP contribution in [0.5, 0.6) is 0 Å². The van der Waals surface area contributed by atoms with E-state index in [-0.39, 0.29) is 0 Å². The van der Waals surface area contributed by atoms with Crippen LogP contribution in [0, 0.1) is 6.92 Å². The predicted molar refractivity (Wildman–Crippen MR) is 59.1 cm³/mol. The lowest BCUT2D eigenvalue weighted by Gasteiger charge is -2.20. The average molecular weight is 264 g/mol. The van der Waals surface area contributed by atoms with Gasteiger partial charge in [-0.2, -0.15) is 0 Å². The fourth-order valence-corrected chi connectivity index (χ4v) is 2.00. The van der Waals surface area contributed by atoms with Gasteiger partial charge in [0.2, 0.25) is 0 Å². The molecule has 0 heterocycles. The molecule has 0 spiro atoms. The Kier molecular flexibility index (Phi) is 3.05. The molecule has 0 radical (unpaired) electrons. The standard InChI is InChI=1S/C10H12BrClO/c1-6-4-7(10(2,3)13)9(12)5-8(6)11/h4-5,13H,1-3H3. The maximum Gasteiger partial charge on any atom is 0.0855 e. The number of benzene rings is 1. The summed E-state index contributed by atoms with van der Waals surface area (Å²) in [5, 5.41) is 10.4. The molecule has 0 amide bonds. The molecular formula is C10H12BrClO. The zero-order valence-corrected chi connectivity index (χ0v) is 10.2. The quantitative estimate of drug-likeness (QED) is 0.820. The lowest BCUT2D eigenvalue weighted by atomic mass is 9.97. The van der Waals surface area contributed by atoms with Gasteiger partial charge in [0.25, 0.3) is 0 Å². The first-order valence-corrected chi connectivity index (χ1v) is 5.18. The van der Waals surface area contributed by atoms with Crippen molar-refractivity contribution < 1.29 is 5.11 Å².